The van der Waals surface area contributed by atoms with E-state index in [1.807, 2.05) is 0 Å². The molecule has 0 bridgehead atoms. The van der Waals surface area contributed by atoms with Crippen LogP contribution >= 0.6 is 0 Å². The number of para-hydroxylation sites is 2. The average Bonchev–Trinajstić information content (AvgIpc) is 3.10. The molecule has 0 fully saturated rings. The first-order valence-corrected chi connectivity index (χ1v) is 7.62. The van der Waals surface area contributed by atoms with Crippen molar-refractivity contribution in [1.82, 2.24) is 20.5 Å². The van der Waals surface area contributed by atoms with E-state index in [1.54, 1.807) is 36.4 Å². The van der Waals surface area contributed by atoms with Gasteiger partial charge >= 0.3 is 6.03 Å². The number of anilines is 1. The number of nitrogens with one attached hydrogen (secondary N) is 3. The second kappa shape index (κ2) is 7.91. The standard InChI is InChI=1S/C17H16FN5O2/c18-12-4-3-5-13(10-12)25-15-7-2-1-6-14(15)22-17(24)19-9-8-16-20-11-21-23-16/h1-7,10-11H,8-9H2,(H2,19,22,24)(H,20,21,23). The molecule has 3 rings (SSSR count). The van der Waals surface area contributed by atoms with E-state index in [-0.39, 0.29) is 6.03 Å². The molecule has 1 heterocycles. The third-order valence-electron chi connectivity index (χ3n) is 3.27. The average molecular weight is 341 g/mol. The largest absolute Gasteiger partial charge is 0.455 e. The molecule has 3 N–H and O–H groups in total. The summed E-state index contributed by atoms with van der Waals surface area (Å²) in [5, 5.41) is 11.9. The molecule has 0 spiro atoms. The zero-order valence-corrected chi connectivity index (χ0v) is 13.2. The number of rotatable bonds is 6. The van der Waals surface area contributed by atoms with E-state index in [9.17, 15) is 9.18 Å². The van der Waals surface area contributed by atoms with Crippen LogP contribution in [0, 0.1) is 5.82 Å². The van der Waals surface area contributed by atoms with Crippen molar-refractivity contribution in [1.29, 1.82) is 0 Å². The zero-order valence-electron chi connectivity index (χ0n) is 13.2. The fourth-order valence-corrected chi connectivity index (χ4v) is 2.13. The second-order valence-electron chi connectivity index (χ2n) is 5.12. The number of carbonyl (C=O) groups is 1. The highest BCUT2D eigenvalue weighted by molar-refractivity contribution is 5.90. The van der Waals surface area contributed by atoms with Gasteiger partial charge in [-0.05, 0) is 24.3 Å². The highest BCUT2D eigenvalue weighted by atomic mass is 19.1. The summed E-state index contributed by atoms with van der Waals surface area (Å²) in [5.41, 5.74) is 0.476. The SMILES string of the molecule is O=C(NCCc1ncn[nH]1)Nc1ccccc1Oc1cccc(F)c1. The Labute approximate surface area is 143 Å². The van der Waals surface area contributed by atoms with Crippen LogP contribution in [0.15, 0.2) is 54.9 Å². The molecule has 25 heavy (non-hydrogen) atoms. The molecule has 7 nitrogen and oxygen atoms in total. The van der Waals surface area contributed by atoms with Gasteiger partial charge in [0.2, 0.25) is 0 Å². The normalized spacial score (nSPS) is 10.3. The number of nitrogens with zero attached hydrogens (tertiary/aromatic N) is 2. The highest BCUT2D eigenvalue weighted by Gasteiger charge is 2.08. The molecule has 0 aliphatic rings. The van der Waals surface area contributed by atoms with Crippen molar-refractivity contribution in [3.63, 3.8) is 0 Å². The van der Waals surface area contributed by atoms with E-state index >= 15 is 0 Å². The van der Waals surface area contributed by atoms with Gasteiger partial charge in [-0.2, -0.15) is 5.10 Å². The molecule has 0 aliphatic heterocycles. The number of urea groups is 1. The van der Waals surface area contributed by atoms with Crippen LogP contribution in [0.1, 0.15) is 5.82 Å². The van der Waals surface area contributed by atoms with Crippen LogP contribution in [0.4, 0.5) is 14.9 Å². The molecule has 8 heteroatoms. The number of benzene rings is 2. The number of amides is 2. The molecule has 0 radical (unpaired) electrons. The van der Waals surface area contributed by atoms with Crippen molar-refractivity contribution in [2.75, 3.05) is 11.9 Å². The predicted molar refractivity (Wildman–Crippen MR) is 90.0 cm³/mol. The predicted octanol–water partition coefficient (Wildman–Crippen LogP) is 3.10. The lowest BCUT2D eigenvalue weighted by Gasteiger charge is -2.12. The Kier molecular flexibility index (Phi) is 5.20. The van der Waals surface area contributed by atoms with Crippen LogP contribution in [0.2, 0.25) is 0 Å². The number of carbonyl (C=O) groups excluding carboxylic acids is 1. The maximum atomic E-state index is 13.3. The first-order valence-electron chi connectivity index (χ1n) is 7.62. The Hall–Kier alpha value is -3.42. The summed E-state index contributed by atoms with van der Waals surface area (Å²) >= 11 is 0. The lowest BCUT2D eigenvalue weighted by molar-refractivity contribution is 0.252. The minimum absolute atomic E-state index is 0.347. The molecule has 2 amide bonds. The van der Waals surface area contributed by atoms with Crippen LogP contribution in [-0.4, -0.2) is 27.8 Å². The Morgan fingerprint density at radius 3 is 2.88 bits per heavy atom. The summed E-state index contributed by atoms with van der Waals surface area (Å²) in [4.78, 5) is 16.0. The third kappa shape index (κ3) is 4.77. The third-order valence-corrected chi connectivity index (χ3v) is 3.27. The number of aromatic amines is 1. The first-order chi connectivity index (χ1) is 12.2. The van der Waals surface area contributed by atoms with E-state index < -0.39 is 5.82 Å². The van der Waals surface area contributed by atoms with Gasteiger partial charge in [0.15, 0.2) is 5.75 Å². The molecule has 0 atom stereocenters. The van der Waals surface area contributed by atoms with Crippen molar-refractivity contribution in [2.24, 2.45) is 0 Å². The lowest BCUT2D eigenvalue weighted by Crippen LogP contribution is -2.30. The molecule has 0 saturated heterocycles. The molecule has 2 aromatic carbocycles. The van der Waals surface area contributed by atoms with Gasteiger partial charge in [-0.3, -0.25) is 5.10 Å². The van der Waals surface area contributed by atoms with Crippen LogP contribution in [0.25, 0.3) is 0 Å². The summed E-state index contributed by atoms with van der Waals surface area (Å²) in [6, 6.07) is 12.3. The van der Waals surface area contributed by atoms with Crippen molar-refractivity contribution in [2.45, 2.75) is 6.42 Å². The topological polar surface area (TPSA) is 91.9 Å². The summed E-state index contributed by atoms with van der Waals surface area (Å²) in [6.45, 7) is 0.397. The van der Waals surface area contributed by atoms with Gasteiger partial charge in [0, 0.05) is 19.0 Å². The van der Waals surface area contributed by atoms with Crippen LogP contribution in [0.5, 0.6) is 11.5 Å². The summed E-state index contributed by atoms with van der Waals surface area (Å²) < 4.78 is 18.9. The molecular weight excluding hydrogens is 325 g/mol. The van der Waals surface area contributed by atoms with Crippen LogP contribution < -0.4 is 15.4 Å². The smallest absolute Gasteiger partial charge is 0.319 e. The molecule has 0 aliphatic carbocycles. The number of H-pyrrole nitrogens is 1. The van der Waals surface area contributed by atoms with Gasteiger partial charge in [0.25, 0.3) is 0 Å². The maximum Gasteiger partial charge on any atom is 0.319 e. The molecule has 3 aromatic rings. The minimum Gasteiger partial charge on any atom is -0.455 e. The second-order valence-corrected chi connectivity index (χ2v) is 5.12. The van der Waals surface area contributed by atoms with Gasteiger partial charge < -0.3 is 15.4 Å². The van der Waals surface area contributed by atoms with Gasteiger partial charge in [-0.1, -0.05) is 18.2 Å². The molecule has 0 unspecified atom stereocenters. The van der Waals surface area contributed by atoms with Gasteiger partial charge in [-0.25, -0.2) is 14.2 Å². The molecular formula is C17H16FN5O2. The van der Waals surface area contributed by atoms with Crippen LogP contribution in [-0.2, 0) is 6.42 Å². The molecule has 0 saturated carbocycles. The molecule has 128 valence electrons. The van der Waals surface area contributed by atoms with Crippen molar-refractivity contribution in [3.05, 3.63) is 66.5 Å². The van der Waals surface area contributed by atoms with E-state index in [0.717, 1.165) is 0 Å². The molecule has 1 aromatic heterocycles. The minimum atomic E-state index is -0.395. The van der Waals surface area contributed by atoms with Crippen LogP contribution in [0.3, 0.4) is 0 Å². The van der Waals surface area contributed by atoms with Crippen molar-refractivity contribution in [3.8, 4) is 11.5 Å². The van der Waals surface area contributed by atoms with Crippen molar-refractivity contribution < 1.29 is 13.9 Å². The van der Waals surface area contributed by atoms with E-state index in [0.29, 0.717) is 36.0 Å². The van der Waals surface area contributed by atoms with Gasteiger partial charge in [-0.15, -0.1) is 0 Å². The Morgan fingerprint density at radius 2 is 2.08 bits per heavy atom. The Morgan fingerprint density at radius 1 is 1.20 bits per heavy atom. The number of ether oxygens (including phenoxy) is 1. The maximum absolute atomic E-state index is 13.3. The monoisotopic (exact) mass is 341 g/mol. The summed E-state index contributed by atoms with van der Waals surface area (Å²) in [6.07, 6.45) is 1.95. The van der Waals surface area contributed by atoms with Gasteiger partial charge in [0.05, 0.1) is 5.69 Å². The summed E-state index contributed by atoms with van der Waals surface area (Å²) in [5.74, 6) is 1.06. The summed E-state index contributed by atoms with van der Waals surface area (Å²) in [7, 11) is 0. The fourth-order valence-electron chi connectivity index (χ4n) is 2.13. The van der Waals surface area contributed by atoms with E-state index in [2.05, 4.69) is 25.8 Å². The Bertz CT molecular complexity index is 839. The van der Waals surface area contributed by atoms with Gasteiger partial charge in [0.1, 0.15) is 23.7 Å². The van der Waals surface area contributed by atoms with E-state index in [1.165, 1.54) is 18.5 Å². The van der Waals surface area contributed by atoms with Crippen molar-refractivity contribution >= 4 is 11.7 Å². The number of aromatic nitrogens is 3. The first kappa shape index (κ1) is 16.4. The zero-order chi connectivity index (χ0) is 17.5. The quantitative estimate of drug-likeness (QED) is 0.642. The number of hydrogen-bond acceptors (Lipinski definition) is 4. The fraction of sp³-hybridized carbons (Fsp3) is 0.118. The number of hydrogen-bond donors (Lipinski definition) is 3. The lowest BCUT2D eigenvalue weighted by atomic mass is 10.3. The Balaban J connectivity index is 1.59. The number of halogens is 1. The van der Waals surface area contributed by atoms with E-state index in [4.69, 9.17) is 4.74 Å². The highest BCUT2D eigenvalue weighted by Crippen LogP contribution is 2.29.